The van der Waals surface area contributed by atoms with Gasteiger partial charge in [0.15, 0.2) is 0 Å². The van der Waals surface area contributed by atoms with Crippen molar-refractivity contribution in [3.63, 3.8) is 0 Å². The highest BCUT2D eigenvalue weighted by Crippen LogP contribution is 2.32. The second-order valence-electron chi connectivity index (χ2n) is 6.94. The predicted octanol–water partition coefficient (Wildman–Crippen LogP) is 5.14. The second kappa shape index (κ2) is 7.56. The Hall–Kier alpha value is -2.38. The van der Waals surface area contributed by atoms with Crippen LogP contribution in [0.4, 0.5) is 13.2 Å². The number of nitrogens with zero attached hydrogens (tertiary/aromatic N) is 2. The van der Waals surface area contributed by atoms with E-state index in [-0.39, 0.29) is 0 Å². The minimum atomic E-state index is -4.33. The SMILES string of the molecule is Oc1ccc2c(c1)CCN(Cc1cnc(-c3ccc(C(F)(F)F)cc3)s1)CC2. The Labute approximate surface area is 165 Å². The Morgan fingerprint density at radius 2 is 1.71 bits per heavy atom. The molecule has 0 fully saturated rings. The quantitative estimate of drug-likeness (QED) is 0.657. The van der Waals surface area contributed by atoms with Gasteiger partial charge in [0.1, 0.15) is 10.8 Å². The second-order valence-corrected chi connectivity index (χ2v) is 8.05. The molecule has 3 nitrogen and oxygen atoms in total. The van der Waals surface area contributed by atoms with Crippen molar-refractivity contribution in [2.45, 2.75) is 25.6 Å². The van der Waals surface area contributed by atoms with Gasteiger partial charge in [-0.15, -0.1) is 11.3 Å². The van der Waals surface area contributed by atoms with Crippen LogP contribution in [0, 0.1) is 0 Å². The fraction of sp³-hybridized carbons (Fsp3) is 0.286. The van der Waals surface area contributed by atoms with E-state index in [1.54, 1.807) is 6.07 Å². The Morgan fingerprint density at radius 3 is 2.43 bits per heavy atom. The molecule has 4 rings (SSSR count). The number of alkyl halides is 3. The van der Waals surface area contributed by atoms with E-state index in [1.165, 1.54) is 34.6 Å². The van der Waals surface area contributed by atoms with Crippen LogP contribution in [0.2, 0.25) is 0 Å². The summed E-state index contributed by atoms with van der Waals surface area (Å²) in [5.41, 5.74) is 2.51. The van der Waals surface area contributed by atoms with E-state index < -0.39 is 11.7 Å². The highest BCUT2D eigenvalue weighted by molar-refractivity contribution is 7.15. The molecule has 0 unspecified atom stereocenters. The lowest BCUT2D eigenvalue weighted by Gasteiger charge is -2.18. The number of hydrogen-bond donors (Lipinski definition) is 1. The van der Waals surface area contributed by atoms with E-state index in [0.717, 1.165) is 54.5 Å². The van der Waals surface area contributed by atoms with Gasteiger partial charge in [0.25, 0.3) is 0 Å². The van der Waals surface area contributed by atoms with Gasteiger partial charge in [-0.2, -0.15) is 13.2 Å². The summed E-state index contributed by atoms with van der Waals surface area (Å²) in [6, 6.07) is 10.7. The van der Waals surface area contributed by atoms with E-state index in [2.05, 4.69) is 9.88 Å². The number of phenols is 1. The summed E-state index contributed by atoms with van der Waals surface area (Å²) < 4.78 is 38.1. The van der Waals surface area contributed by atoms with Gasteiger partial charge >= 0.3 is 6.18 Å². The van der Waals surface area contributed by atoms with Crippen LogP contribution < -0.4 is 0 Å². The Balaban J connectivity index is 1.43. The van der Waals surface area contributed by atoms with Gasteiger partial charge in [-0.05, 0) is 48.2 Å². The molecular weight excluding hydrogens is 385 g/mol. The summed E-state index contributed by atoms with van der Waals surface area (Å²) in [5, 5.41) is 10.4. The van der Waals surface area contributed by atoms with Crippen LogP contribution in [0.25, 0.3) is 10.6 Å². The maximum atomic E-state index is 12.7. The molecule has 3 aromatic rings. The molecular formula is C21H19F3N2OS. The van der Waals surface area contributed by atoms with Crippen molar-refractivity contribution in [2.75, 3.05) is 13.1 Å². The van der Waals surface area contributed by atoms with E-state index in [9.17, 15) is 18.3 Å². The monoisotopic (exact) mass is 404 g/mol. The number of thiazole rings is 1. The number of halogens is 3. The third-order valence-electron chi connectivity index (χ3n) is 4.98. The molecule has 2 aromatic carbocycles. The number of rotatable bonds is 3. The van der Waals surface area contributed by atoms with Crippen LogP contribution in [0.15, 0.2) is 48.7 Å². The molecule has 7 heteroatoms. The summed E-state index contributed by atoms with van der Waals surface area (Å²) >= 11 is 1.51. The molecule has 0 radical (unpaired) electrons. The molecule has 0 amide bonds. The summed E-state index contributed by atoms with van der Waals surface area (Å²) in [7, 11) is 0. The van der Waals surface area contributed by atoms with Crippen LogP contribution in [-0.2, 0) is 25.6 Å². The van der Waals surface area contributed by atoms with Gasteiger partial charge in [0, 0.05) is 36.3 Å². The minimum absolute atomic E-state index is 0.302. The van der Waals surface area contributed by atoms with Crippen molar-refractivity contribution in [2.24, 2.45) is 0 Å². The lowest BCUT2D eigenvalue weighted by Crippen LogP contribution is -2.25. The predicted molar refractivity (Wildman–Crippen MR) is 103 cm³/mol. The first-order valence-corrected chi connectivity index (χ1v) is 9.85. The summed E-state index contributed by atoms with van der Waals surface area (Å²) in [6.45, 7) is 2.58. The van der Waals surface area contributed by atoms with Gasteiger partial charge < -0.3 is 5.11 Å². The van der Waals surface area contributed by atoms with Crippen LogP contribution in [0.1, 0.15) is 21.6 Å². The molecule has 0 saturated heterocycles. The standard InChI is InChI=1S/C21H19F3N2OS/c22-21(23,24)17-4-1-15(2-5-17)20-25-12-19(28-20)13-26-9-7-14-3-6-18(27)11-16(14)8-10-26/h1-6,11-12,27H,7-10,13H2. The smallest absolute Gasteiger partial charge is 0.416 e. The summed E-state index contributed by atoms with van der Waals surface area (Å²) in [4.78, 5) is 7.83. The zero-order valence-corrected chi connectivity index (χ0v) is 15.9. The zero-order chi connectivity index (χ0) is 19.7. The molecule has 0 atom stereocenters. The maximum absolute atomic E-state index is 12.7. The third kappa shape index (κ3) is 4.20. The Kier molecular flexibility index (Phi) is 5.12. The average Bonchev–Trinajstić information content (AvgIpc) is 3.03. The zero-order valence-electron chi connectivity index (χ0n) is 15.0. The molecule has 1 aliphatic rings. The topological polar surface area (TPSA) is 36.4 Å². The number of benzene rings is 2. The third-order valence-corrected chi connectivity index (χ3v) is 6.01. The van der Waals surface area contributed by atoms with E-state index in [4.69, 9.17) is 0 Å². The molecule has 0 spiro atoms. The molecule has 1 aromatic heterocycles. The fourth-order valence-corrected chi connectivity index (χ4v) is 4.41. The molecule has 2 heterocycles. The Bertz CT molecular complexity index is 967. The first-order chi connectivity index (χ1) is 13.4. The average molecular weight is 404 g/mol. The van der Waals surface area contributed by atoms with Gasteiger partial charge in [-0.3, -0.25) is 4.90 Å². The van der Waals surface area contributed by atoms with E-state index in [0.29, 0.717) is 11.3 Å². The van der Waals surface area contributed by atoms with Crippen LogP contribution in [0.3, 0.4) is 0 Å². The van der Waals surface area contributed by atoms with Crippen LogP contribution >= 0.6 is 11.3 Å². The molecule has 0 bridgehead atoms. The van der Waals surface area contributed by atoms with Gasteiger partial charge in [0.2, 0.25) is 0 Å². The largest absolute Gasteiger partial charge is 0.508 e. The van der Waals surface area contributed by atoms with E-state index in [1.807, 2.05) is 18.3 Å². The molecule has 0 saturated carbocycles. The first-order valence-electron chi connectivity index (χ1n) is 9.04. The first kappa shape index (κ1) is 19.0. The molecule has 1 N–H and O–H groups in total. The number of hydrogen-bond acceptors (Lipinski definition) is 4. The van der Waals surface area contributed by atoms with Gasteiger partial charge in [-0.1, -0.05) is 18.2 Å². The van der Waals surface area contributed by atoms with Crippen LogP contribution in [0.5, 0.6) is 5.75 Å². The molecule has 28 heavy (non-hydrogen) atoms. The molecule has 146 valence electrons. The van der Waals surface area contributed by atoms with E-state index >= 15 is 0 Å². The van der Waals surface area contributed by atoms with Gasteiger partial charge in [-0.25, -0.2) is 4.98 Å². The molecule has 1 aliphatic heterocycles. The number of phenolic OH excluding ortho intramolecular Hbond substituents is 1. The lowest BCUT2D eigenvalue weighted by atomic mass is 10.0. The number of aromatic hydroxyl groups is 1. The normalized spacial score (nSPS) is 15.2. The highest BCUT2D eigenvalue weighted by atomic mass is 32.1. The fourth-order valence-electron chi connectivity index (χ4n) is 3.45. The highest BCUT2D eigenvalue weighted by Gasteiger charge is 2.30. The van der Waals surface area contributed by atoms with Crippen LogP contribution in [-0.4, -0.2) is 28.1 Å². The minimum Gasteiger partial charge on any atom is -0.508 e. The maximum Gasteiger partial charge on any atom is 0.416 e. The van der Waals surface area contributed by atoms with Crippen molar-refractivity contribution in [3.8, 4) is 16.3 Å². The van der Waals surface area contributed by atoms with Crippen molar-refractivity contribution < 1.29 is 18.3 Å². The van der Waals surface area contributed by atoms with Crippen molar-refractivity contribution in [1.82, 2.24) is 9.88 Å². The molecule has 0 aliphatic carbocycles. The van der Waals surface area contributed by atoms with Crippen molar-refractivity contribution in [3.05, 3.63) is 70.2 Å². The van der Waals surface area contributed by atoms with Crippen molar-refractivity contribution in [1.29, 1.82) is 0 Å². The summed E-state index contributed by atoms with van der Waals surface area (Å²) in [6.07, 6.45) is -0.705. The number of fused-ring (bicyclic) bond motifs is 1. The Morgan fingerprint density at radius 1 is 1.00 bits per heavy atom. The van der Waals surface area contributed by atoms with Gasteiger partial charge in [0.05, 0.1) is 5.56 Å². The number of aromatic nitrogens is 1. The van der Waals surface area contributed by atoms with Crippen molar-refractivity contribution >= 4 is 11.3 Å². The lowest BCUT2D eigenvalue weighted by molar-refractivity contribution is -0.137. The summed E-state index contributed by atoms with van der Waals surface area (Å²) in [5.74, 6) is 0.302.